The Morgan fingerprint density at radius 3 is 2.63 bits per heavy atom. The van der Waals surface area contributed by atoms with Gasteiger partial charge in [0.15, 0.2) is 5.49 Å². The van der Waals surface area contributed by atoms with Gasteiger partial charge in [-0.2, -0.15) is 4.73 Å². The number of ether oxygens (including phenoxy) is 1. The molecule has 2 N–H and O–H groups in total. The summed E-state index contributed by atoms with van der Waals surface area (Å²) in [6.45, 7) is 0. The monoisotopic (exact) mass is 278 g/mol. The number of nitrogens with one attached hydrogen (secondary N) is 1. The largest absolute Gasteiger partial charge is 0.427 e. The van der Waals surface area contributed by atoms with Crippen molar-refractivity contribution in [2.45, 2.75) is 6.42 Å². The maximum Gasteiger partial charge on any atom is 0.317 e. The minimum Gasteiger partial charge on any atom is -0.427 e. The van der Waals surface area contributed by atoms with Crippen LogP contribution in [0.4, 0.5) is 0 Å². The second-order valence-electron chi connectivity index (χ2n) is 3.79. The van der Waals surface area contributed by atoms with E-state index in [2.05, 4.69) is 0 Å². The summed E-state index contributed by atoms with van der Waals surface area (Å²) in [5.41, 5.74) is -0.0398. The van der Waals surface area contributed by atoms with E-state index in [1.165, 1.54) is 12.1 Å². The Balaban J connectivity index is 2.16. The van der Waals surface area contributed by atoms with Crippen molar-refractivity contribution in [3.8, 4) is 5.75 Å². The lowest BCUT2D eigenvalue weighted by Gasteiger charge is -2.09. The van der Waals surface area contributed by atoms with Crippen LogP contribution in [0.1, 0.15) is 5.69 Å². The van der Waals surface area contributed by atoms with Gasteiger partial charge in [-0.05, 0) is 24.3 Å². The minimum absolute atomic E-state index is 0.120. The number of carbonyl (C=O) groups is 1. The summed E-state index contributed by atoms with van der Waals surface area (Å²) >= 11 is 5.88. The number of hydrogen-bond donors (Lipinski definition) is 2. The van der Waals surface area contributed by atoms with E-state index in [1.54, 1.807) is 30.3 Å². The van der Waals surface area contributed by atoms with Crippen LogP contribution < -0.4 is 10.2 Å². The van der Waals surface area contributed by atoms with Crippen molar-refractivity contribution in [1.29, 1.82) is 5.41 Å². The first-order valence-electron chi connectivity index (χ1n) is 5.48. The summed E-state index contributed by atoms with van der Waals surface area (Å²) in [6, 6.07) is 11.4. The number of esters is 1. The Bertz CT molecular complexity index is 653. The Hall–Kier alpha value is -2.27. The van der Waals surface area contributed by atoms with E-state index in [9.17, 15) is 10.0 Å². The number of benzene rings is 1. The van der Waals surface area contributed by atoms with E-state index < -0.39 is 5.97 Å². The molecule has 1 heterocycles. The third-order valence-electron chi connectivity index (χ3n) is 2.43. The molecule has 0 saturated carbocycles. The standard InChI is InChI=1S/C13H11ClN2O3/c14-10-6-7-12(15)16(18)11(10)8-13(17)19-9-4-2-1-3-5-9/h1-7,15,18H,8H2. The molecule has 98 valence electrons. The molecule has 0 fully saturated rings. The highest BCUT2D eigenvalue weighted by atomic mass is 35.5. The number of para-hydroxylation sites is 1. The lowest BCUT2D eigenvalue weighted by molar-refractivity contribution is -0.133. The minimum atomic E-state index is -0.568. The highest BCUT2D eigenvalue weighted by Crippen LogP contribution is 2.15. The highest BCUT2D eigenvalue weighted by Gasteiger charge is 2.13. The zero-order valence-corrected chi connectivity index (χ0v) is 10.6. The number of nitrogens with zero attached hydrogens (tertiary/aromatic N) is 1. The van der Waals surface area contributed by atoms with Crippen LogP contribution in [0.3, 0.4) is 0 Å². The van der Waals surface area contributed by atoms with Gasteiger partial charge >= 0.3 is 5.97 Å². The van der Waals surface area contributed by atoms with Crippen LogP contribution in [0, 0.1) is 5.41 Å². The number of pyridine rings is 1. The summed E-state index contributed by atoms with van der Waals surface area (Å²) in [5, 5.41) is 17.3. The van der Waals surface area contributed by atoms with Crippen LogP contribution in [0.15, 0.2) is 42.5 Å². The molecule has 0 radical (unpaired) electrons. The van der Waals surface area contributed by atoms with Gasteiger partial charge in [0, 0.05) is 0 Å². The van der Waals surface area contributed by atoms with E-state index in [0.717, 1.165) is 0 Å². The van der Waals surface area contributed by atoms with E-state index in [1.807, 2.05) is 0 Å². The fourth-order valence-corrected chi connectivity index (χ4v) is 1.73. The first-order chi connectivity index (χ1) is 9.08. The summed E-state index contributed by atoms with van der Waals surface area (Å²) in [6.07, 6.45) is -0.225. The molecule has 19 heavy (non-hydrogen) atoms. The van der Waals surface area contributed by atoms with Crippen LogP contribution in [-0.2, 0) is 11.2 Å². The Labute approximate surface area is 114 Å². The van der Waals surface area contributed by atoms with Gasteiger partial charge in [-0.25, -0.2) is 0 Å². The van der Waals surface area contributed by atoms with Crippen molar-refractivity contribution < 1.29 is 14.7 Å². The summed E-state index contributed by atoms with van der Waals surface area (Å²) in [7, 11) is 0. The third-order valence-corrected chi connectivity index (χ3v) is 2.78. The normalized spacial score (nSPS) is 10.2. The molecular formula is C13H11ClN2O3. The molecule has 0 aliphatic heterocycles. The van der Waals surface area contributed by atoms with Gasteiger partial charge in [0.05, 0.1) is 17.1 Å². The number of hydrogen-bond acceptors (Lipinski definition) is 4. The summed E-state index contributed by atoms with van der Waals surface area (Å²) in [5.74, 6) is -0.156. The van der Waals surface area contributed by atoms with Crippen molar-refractivity contribution in [3.05, 3.63) is 58.7 Å². The third kappa shape index (κ3) is 3.14. The lowest BCUT2D eigenvalue weighted by Crippen LogP contribution is -2.24. The van der Waals surface area contributed by atoms with Crippen molar-refractivity contribution in [3.63, 3.8) is 0 Å². The number of aromatic nitrogens is 1. The number of carbonyl (C=O) groups excluding carboxylic acids is 1. The van der Waals surface area contributed by atoms with Gasteiger partial charge in [-0.1, -0.05) is 29.8 Å². The van der Waals surface area contributed by atoms with Crippen LogP contribution in [-0.4, -0.2) is 15.9 Å². The molecule has 0 amide bonds. The first kappa shape index (κ1) is 13.2. The maximum absolute atomic E-state index is 11.7. The molecule has 0 bridgehead atoms. The van der Waals surface area contributed by atoms with Crippen LogP contribution >= 0.6 is 11.6 Å². The molecule has 5 nitrogen and oxygen atoms in total. The predicted octanol–water partition coefficient (Wildman–Crippen LogP) is 2.01. The summed E-state index contributed by atoms with van der Waals surface area (Å²) in [4.78, 5) is 11.7. The number of halogens is 1. The Morgan fingerprint density at radius 1 is 1.26 bits per heavy atom. The molecule has 0 atom stereocenters. The molecule has 0 spiro atoms. The fourth-order valence-electron chi connectivity index (χ4n) is 1.52. The quantitative estimate of drug-likeness (QED) is 0.512. The van der Waals surface area contributed by atoms with Gasteiger partial charge in [0.25, 0.3) is 0 Å². The molecule has 0 saturated heterocycles. The van der Waals surface area contributed by atoms with Gasteiger partial charge in [-0.3, -0.25) is 10.2 Å². The van der Waals surface area contributed by atoms with Crippen molar-refractivity contribution in [1.82, 2.24) is 4.73 Å². The maximum atomic E-state index is 11.7. The highest BCUT2D eigenvalue weighted by molar-refractivity contribution is 6.31. The topological polar surface area (TPSA) is 75.3 Å². The molecule has 0 aliphatic rings. The van der Waals surface area contributed by atoms with Crippen LogP contribution in [0.5, 0.6) is 5.75 Å². The second kappa shape index (κ2) is 5.58. The Kier molecular flexibility index (Phi) is 3.87. The average molecular weight is 279 g/mol. The zero-order valence-electron chi connectivity index (χ0n) is 9.84. The first-order valence-corrected chi connectivity index (χ1v) is 5.86. The van der Waals surface area contributed by atoms with E-state index in [4.69, 9.17) is 21.7 Å². The molecular weight excluding hydrogens is 268 g/mol. The number of rotatable bonds is 3. The zero-order chi connectivity index (χ0) is 13.8. The van der Waals surface area contributed by atoms with Crippen molar-refractivity contribution >= 4 is 17.6 Å². The second-order valence-corrected chi connectivity index (χ2v) is 4.20. The average Bonchev–Trinajstić information content (AvgIpc) is 2.40. The molecule has 2 rings (SSSR count). The molecule has 1 aromatic heterocycles. The smallest absolute Gasteiger partial charge is 0.317 e. The van der Waals surface area contributed by atoms with E-state index >= 15 is 0 Å². The van der Waals surface area contributed by atoms with Gasteiger partial charge in [0.2, 0.25) is 0 Å². The fraction of sp³-hybridized carbons (Fsp3) is 0.0769. The predicted molar refractivity (Wildman–Crippen MR) is 68.3 cm³/mol. The molecule has 0 aliphatic carbocycles. The van der Waals surface area contributed by atoms with Gasteiger partial charge < -0.3 is 9.94 Å². The van der Waals surface area contributed by atoms with Gasteiger partial charge in [0.1, 0.15) is 5.75 Å². The summed E-state index contributed by atoms with van der Waals surface area (Å²) < 4.78 is 5.65. The van der Waals surface area contributed by atoms with Crippen LogP contribution in [0.25, 0.3) is 0 Å². The molecule has 1 aromatic carbocycles. The van der Waals surface area contributed by atoms with Crippen molar-refractivity contribution in [2.24, 2.45) is 0 Å². The Morgan fingerprint density at radius 2 is 1.95 bits per heavy atom. The lowest BCUT2D eigenvalue weighted by atomic mass is 10.2. The van der Waals surface area contributed by atoms with Gasteiger partial charge in [-0.15, -0.1) is 0 Å². The SMILES string of the molecule is N=c1ccc(Cl)c(CC(=O)Oc2ccccc2)n1O. The van der Waals surface area contributed by atoms with E-state index in [0.29, 0.717) is 10.5 Å². The van der Waals surface area contributed by atoms with E-state index in [-0.39, 0.29) is 22.6 Å². The molecule has 2 aromatic rings. The van der Waals surface area contributed by atoms with Crippen LogP contribution in [0.2, 0.25) is 5.02 Å². The molecule has 6 heteroatoms. The van der Waals surface area contributed by atoms with Crippen molar-refractivity contribution in [2.75, 3.05) is 0 Å². The molecule has 0 unspecified atom stereocenters.